The van der Waals surface area contributed by atoms with Crippen LogP contribution in [-0.2, 0) is 4.79 Å². The Kier molecular flexibility index (Phi) is 7.59. The van der Waals surface area contributed by atoms with E-state index < -0.39 is 5.41 Å². The van der Waals surface area contributed by atoms with Crippen molar-refractivity contribution in [2.24, 2.45) is 11.3 Å². The van der Waals surface area contributed by atoms with Crippen LogP contribution in [0.2, 0.25) is 0 Å². The first-order chi connectivity index (χ1) is 16.1. The first kappa shape index (κ1) is 25.2. The molecule has 3 rings (SSSR count). The van der Waals surface area contributed by atoms with Crippen molar-refractivity contribution in [1.82, 2.24) is 0 Å². The molecule has 0 bridgehead atoms. The number of nitrogens with one attached hydrogen (secondary N) is 1. The molecular formula is C26H34N2O6. The highest BCUT2D eigenvalue weighted by molar-refractivity contribution is 6.08. The van der Waals surface area contributed by atoms with E-state index in [9.17, 15) is 9.59 Å². The molecule has 0 spiro atoms. The van der Waals surface area contributed by atoms with E-state index in [1.807, 2.05) is 13.8 Å². The van der Waals surface area contributed by atoms with Crippen LogP contribution in [0.1, 0.15) is 44.5 Å². The lowest BCUT2D eigenvalue weighted by Gasteiger charge is -2.28. The van der Waals surface area contributed by atoms with Crippen molar-refractivity contribution in [3.63, 3.8) is 0 Å². The molecule has 0 saturated heterocycles. The zero-order valence-corrected chi connectivity index (χ0v) is 21.0. The summed E-state index contributed by atoms with van der Waals surface area (Å²) in [5.41, 5.74) is 0.812. The van der Waals surface area contributed by atoms with Gasteiger partial charge in [0.2, 0.25) is 11.7 Å². The van der Waals surface area contributed by atoms with Crippen molar-refractivity contribution >= 4 is 23.2 Å². The van der Waals surface area contributed by atoms with E-state index in [4.69, 9.17) is 18.9 Å². The van der Waals surface area contributed by atoms with E-state index in [2.05, 4.69) is 19.2 Å². The molecule has 0 atom stereocenters. The van der Waals surface area contributed by atoms with Crippen LogP contribution < -0.4 is 29.2 Å². The van der Waals surface area contributed by atoms with Crippen LogP contribution in [-0.4, -0.2) is 46.3 Å². The maximum absolute atomic E-state index is 13.3. The SMILES string of the molecule is COc1ccc(C(=O)Nc2ccc3c(c2)N(CCC(C)C)C(=O)C(C)(C)CO3)c(OC)c1OC. The van der Waals surface area contributed by atoms with Crippen molar-refractivity contribution in [1.29, 1.82) is 0 Å². The molecule has 2 aromatic carbocycles. The quantitative estimate of drug-likeness (QED) is 0.599. The van der Waals surface area contributed by atoms with E-state index >= 15 is 0 Å². The van der Waals surface area contributed by atoms with E-state index in [1.54, 1.807) is 35.2 Å². The summed E-state index contributed by atoms with van der Waals surface area (Å²) in [5, 5.41) is 2.90. The second kappa shape index (κ2) is 10.2. The van der Waals surface area contributed by atoms with Crippen LogP contribution in [0.5, 0.6) is 23.0 Å². The molecular weight excluding hydrogens is 436 g/mol. The molecule has 1 heterocycles. The summed E-state index contributed by atoms with van der Waals surface area (Å²) in [4.78, 5) is 28.3. The Morgan fingerprint density at radius 3 is 2.41 bits per heavy atom. The van der Waals surface area contributed by atoms with Crippen molar-refractivity contribution in [2.75, 3.05) is 44.7 Å². The number of benzene rings is 2. The summed E-state index contributed by atoms with van der Waals surface area (Å²) in [6.07, 6.45) is 0.848. The van der Waals surface area contributed by atoms with E-state index in [0.717, 1.165) is 6.42 Å². The van der Waals surface area contributed by atoms with E-state index in [-0.39, 0.29) is 24.2 Å². The largest absolute Gasteiger partial charge is 0.493 e. The highest BCUT2D eigenvalue weighted by Crippen LogP contribution is 2.41. The molecule has 2 amide bonds. The van der Waals surface area contributed by atoms with Gasteiger partial charge in [0.15, 0.2) is 11.5 Å². The van der Waals surface area contributed by atoms with Gasteiger partial charge in [0, 0.05) is 12.2 Å². The number of hydrogen-bond donors (Lipinski definition) is 1. The molecule has 2 aromatic rings. The maximum atomic E-state index is 13.3. The van der Waals surface area contributed by atoms with Gasteiger partial charge in [-0.1, -0.05) is 13.8 Å². The molecule has 0 fully saturated rings. The molecule has 184 valence electrons. The standard InChI is InChI=1S/C26H34N2O6/c1-16(2)12-13-28-19-14-17(8-10-20(19)34-15-26(3,4)25(28)30)27-24(29)18-9-11-21(31-5)23(33-7)22(18)32-6/h8-11,14,16H,12-13,15H2,1-7H3,(H,27,29). The van der Waals surface area contributed by atoms with Crippen LogP contribution >= 0.6 is 0 Å². The summed E-state index contributed by atoms with van der Waals surface area (Å²) in [5.74, 6) is 1.73. The number of fused-ring (bicyclic) bond motifs is 1. The summed E-state index contributed by atoms with van der Waals surface area (Å²) >= 11 is 0. The third kappa shape index (κ3) is 5.05. The van der Waals surface area contributed by atoms with E-state index in [1.165, 1.54) is 21.3 Å². The normalized spacial score (nSPS) is 14.7. The van der Waals surface area contributed by atoms with Gasteiger partial charge in [-0.2, -0.15) is 0 Å². The van der Waals surface area contributed by atoms with Gasteiger partial charge in [-0.3, -0.25) is 9.59 Å². The van der Waals surface area contributed by atoms with Crippen molar-refractivity contribution in [3.05, 3.63) is 35.9 Å². The maximum Gasteiger partial charge on any atom is 0.259 e. The van der Waals surface area contributed by atoms with Gasteiger partial charge >= 0.3 is 0 Å². The van der Waals surface area contributed by atoms with E-state index in [0.29, 0.717) is 46.6 Å². The molecule has 1 aliphatic rings. The van der Waals surface area contributed by atoms with Crippen LogP contribution in [0.15, 0.2) is 30.3 Å². The molecule has 34 heavy (non-hydrogen) atoms. The molecule has 8 heteroatoms. The Bertz CT molecular complexity index is 1060. The highest BCUT2D eigenvalue weighted by Gasteiger charge is 2.37. The fraction of sp³-hybridized carbons (Fsp3) is 0.462. The van der Waals surface area contributed by atoms with Gasteiger partial charge < -0.3 is 29.2 Å². The Morgan fingerprint density at radius 1 is 1.09 bits per heavy atom. The molecule has 0 unspecified atom stereocenters. The second-order valence-corrected chi connectivity index (χ2v) is 9.33. The topological polar surface area (TPSA) is 86.3 Å². The molecule has 0 aromatic heterocycles. The van der Waals surface area contributed by atoms with Gasteiger partial charge in [0.05, 0.1) is 38.0 Å². The minimum atomic E-state index is -0.660. The molecule has 1 aliphatic heterocycles. The highest BCUT2D eigenvalue weighted by atomic mass is 16.5. The number of methoxy groups -OCH3 is 3. The lowest BCUT2D eigenvalue weighted by molar-refractivity contribution is -0.127. The minimum Gasteiger partial charge on any atom is -0.493 e. The number of amides is 2. The minimum absolute atomic E-state index is 0.00284. The monoisotopic (exact) mass is 470 g/mol. The van der Waals surface area contributed by atoms with Gasteiger partial charge in [-0.25, -0.2) is 0 Å². The predicted molar refractivity (Wildman–Crippen MR) is 132 cm³/mol. The lowest BCUT2D eigenvalue weighted by Crippen LogP contribution is -2.42. The van der Waals surface area contributed by atoms with Crippen molar-refractivity contribution in [3.8, 4) is 23.0 Å². The molecule has 0 aliphatic carbocycles. The Morgan fingerprint density at radius 2 is 1.79 bits per heavy atom. The molecule has 8 nitrogen and oxygen atoms in total. The Labute approximate surface area is 201 Å². The molecule has 1 N–H and O–H groups in total. The zero-order valence-electron chi connectivity index (χ0n) is 21.0. The number of carbonyl (C=O) groups excluding carboxylic acids is 2. The Balaban J connectivity index is 1.96. The second-order valence-electron chi connectivity index (χ2n) is 9.33. The predicted octanol–water partition coefficient (Wildman–Crippen LogP) is 4.76. The first-order valence-electron chi connectivity index (χ1n) is 11.3. The summed E-state index contributed by atoms with van der Waals surface area (Å²) in [6.45, 7) is 8.87. The lowest BCUT2D eigenvalue weighted by atomic mass is 9.92. The zero-order chi connectivity index (χ0) is 25.0. The van der Waals surface area contributed by atoms with Gasteiger partial charge in [-0.15, -0.1) is 0 Å². The number of carbonyl (C=O) groups is 2. The summed E-state index contributed by atoms with van der Waals surface area (Å²) in [6, 6.07) is 8.58. The number of hydrogen-bond acceptors (Lipinski definition) is 6. The van der Waals surface area contributed by atoms with Gasteiger partial charge in [0.25, 0.3) is 5.91 Å². The van der Waals surface area contributed by atoms with Crippen LogP contribution in [0.3, 0.4) is 0 Å². The summed E-state index contributed by atoms with van der Waals surface area (Å²) < 4.78 is 22.1. The third-order valence-electron chi connectivity index (χ3n) is 5.80. The van der Waals surface area contributed by atoms with Crippen molar-refractivity contribution < 1.29 is 28.5 Å². The number of nitrogens with zero attached hydrogens (tertiary/aromatic N) is 1. The number of rotatable bonds is 8. The average Bonchev–Trinajstić information content (AvgIpc) is 2.90. The number of anilines is 2. The van der Waals surface area contributed by atoms with Crippen LogP contribution in [0.4, 0.5) is 11.4 Å². The third-order valence-corrected chi connectivity index (χ3v) is 5.80. The average molecular weight is 471 g/mol. The fourth-order valence-electron chi connectivity index (χ4n) is 3.81. The van der Waals surface area contributed by atoms with Crippen molar-refractivity contribution in [2.45, 2.75) is 34.1 Å². The Hall–Kier alpha value is -3.42. The summed E-state index contributed by atoms with van der Waals surface area (Å²) in [7, 11) is 4.47. The molecule has 0 saturated carbocycles. The van der Waals surface area contributed by atoms with Gasteiger partial charge in [-0.05, 0) is 56.5 Å². The van der Waals surface area contributed by atoms with Gasteiger partial charge in [0.1, 0.15) is 12.4 Å². The van der Waals surface area contributed by atoms with Crippen LogP contribution in [0, 0.1) is 11.3 Å². The molecule has 0 radical (unpaired) electrons. The smallest absolute Gasteiger partial charge is 0.259 e. The number of ether oxygens (including phenoxy) is 4. The fourth-order valence-corrected chi connectivity index (χ4v) is 3.81. The first-order valence-corrected chi connectivity index (χ1v) is 11.3. The van der Waals surface area contributed by atoms with Crippen LogP contribution in [0.25, 0.3) is 0 Å².